The van der Waals surface area contributed by atoms with Gasteiger partial charge in [-0.1, -0.05) is 19.6 Å². The van der Waals surface area contributed by atoms with Crippen LogP contribution in [0.2, 0.25) is 0 Å². The van der Waals surface area contributed by atoms with Gasteiger partial charge in [0.1, 0.15) is 5.60 Å². The Hall–Kier alpha value is -1.44. The van der Waals surface area contributed by atoms with Gasteiger partial charge in [-0.2, -0.15) is 0 Å². The van der Waals surface area contributed by atoms with Crippen molar-refractivity contribution in [2.45, 2.75) is 32.8 Å². The van der Waals surface area contributed by atoms with Crippen LogP contribution in [0.5, 0.6) is 11.5 Å². The molecule has 0 aliphatic rings. The zero-order valence-corrected chi connectivity index (χ0v) is 10.5. The Morgan fingerprint density at radius 1 is 1.31 bits per heavy atom. The molecule has 0 saturated heterocycles. The molecule has 1 aromatic carbocycles. The number of rotatable bonds is 5. The lowest BCUT2D eigenvalue weighted by Crippen LogP contribution is -2.24. The van der Waals surface area contributed by atoms with Crippen molar-refractivity contribution >= 4 is 0 Å². The number of hydrogen-bond donors (Lipinski definition) is 0. The lowest BCUT2D eigenvalue weighted by atomic mass is 10.1. The van der Waals surface area contributed by atoms with E-state index < -0.39 is 0 Å². The lowest BCUT2D eigenvalue weighted by Gasteiger charge is -2.23. The summed E-state index contributed by atoms with van der Waals surface area (Å²) < 4.78 is 11.1. The van der Waals surface area contributed by atoms with E-state index in [9.17, 15) is 0 Å². The minimum atomic E-state index is -0.388. The number of benzene rings is 1. The third-order valence-corrected chi connectivity index (χ3v) is 2.50. The summed E-state index contributed by atoms with van der Waals surface area (Å²) >= 11 is 0. The Kier molecular flexibility index (Phi) is 3.99. The molecule has 2 nitrogen and oxygen atoms in total. The molecule has 0 bridgehead atoms. The van der Waals surface area contributed by atoms with E-state index in [1.165, 1.54) is 5.56 Å². The van der Waals surface area contributed by atoms with Crippen LogP contribution in [0, 0.1) is 0 Å². The van der Waals surface area contributed by atoms with Crippen molar-refractivity contribution in [1.82, 2.24) is 0 Å². The third kappa shape index (κ3) is 3.02. The fourth-order valence-corrected chi connectivity index (χ4v) is 1.34. The molecule has 0 saturated carbocycles. The van der Waals surface area contributed by atoms with Gasteiger partial charge in [-0.25, -0.2) is 0 Å². The van der Waals surface area contributed by atoms with Gasteiger partial charge >= 0.3 is 0 Å². The van der Waals surface area contributed by atoms with E-state index in [1.54, 1.807) is 13.2 Å². The SMILES string of the molecule is C=CC(C)(C)Oc1ccc(CC)cc1OC. The minimum absolute atomic E-state index is 0.388. The molecule has 0 aliphatic heterocycles. The van der Waals surface area contributed by atoms with Gasteiger partial charge in [-0.15, -0.1) is 0 Å². The van der Waals surface area contributed by atoms with Crippen molar-refractivity contribution in [1.29, 1.82) is 0 Å². The Morgan fingerprint density at radius 2 is 2.00 bits per heavy atom. The van der Waals surface area contributed by atoms with Crippen LogP contribution in [-0.4, -0.2) is 12.7 Å². The molecule has 1 rings (SSSR count). The molecule has 16 heavy (non-hydrogen) atoms. The van der Waals surface area contributed by atoms with Gasteiger partial charge in [0.2, 0.25) is 0 Å². The van der Waals surface area contributed by atoms with E-state index in [0.717, 1.165) is 17.9 Å². The first-order chi connectivity index (χ1) is 7.52. The van der Waals surface area contributed by atoms with Crippen molar-refractivity contribution in [2.24, 2.45) is 0 Å². The second kappa shape index (κ2) is 5.06. The van der Waals surface area contributed by atoms with Crippen LogP contribution in [0.1, 0.15) is 26.3 Å². The van der Waals surface area contributed by atoms with Crippen LogP contribution in [0.4, 0.5) is 0 Å². The Morgan fingerprint density at radius 3 is 2.50 bits per heavy atom. The molecule has 0 spiro atoms. The normalized spacial score (nSPS) is 11.0. The van der Waals surface area contributed by atoms with Crippen LogP contribution < -0.4 is 9.47 Å². The highest BCUT2D eigenvalue weighted by Crippen LogP contribution is 2.31. The van der Waals surface area contributed by atoms with E-state index in [0.29, 0.717) is 0 Å². The molecule has 88 valence electrons. The van der Waals surface area contributed by atoms with Crippen LogP contribution in [0.25, 0.3) is 0 Å². The molecule has 1 aromatic rings. The molecule has 2 heteroatoms. The standard InChI is InChI=1S/C14H20O2/c1-6-11-8-9-12(13(10-11)15-5)16-14(3,4)7-2/h7-10H,2,6H2,1,3-5H3. The molecule has 0 atom stereocenters. The van der Waals surface area contributed by atoms with Crippen LogP contribution in [0.15, 0.2) is 30.9 Å². The van der Waals surface area contributed by atoms with Crippen molar-refractivity contribution in [2.75, 3.05) is 7.11 Å². The molecule has 0 N–H and O–H groups in total. The van der Waals surface area contributed by atoms with Gasteiger partial charge < -0.3 is 9.47 Å². The summed E-state index contributed by atoms with van der Waals surface area (Å²) in [7, 11) is 1.66. The van der Waals surface area contributed by atoms with E-state index in [2.05, 4.69) is 19.6 Å². The van der Waals surface area contributed by atoms with E-state index in [-0.39, 0.29) is 5.60 Å². The number of ether oxygens (including phenoxy) is 2. The monoisotopic (exact) mass is 220 g/mol. The smallest absolute Gasteiger partial charge is 0.162 e. The predicted molar refractivity (Wildman–Crippen MR) is 67.3 cm³/mol. The Balaban J connectivity index is 3.00. The van der Waals surface area contributed by atoms with Crippen molar-refractivity contribution < 1.29 is 9.47 Å². The first-order valence-electron chi connectivity index (χ1n) is 5.52. The van der Waals surface area contributed by atoms with Gasteiger partial charge in [0, 0.05) is 0 Å². The molecule has 0 aliphatic carbocycles. The largest absolute Gasteiger partial charge is 0.493 e. The number of aryl methyl sites for hydroxylation is 1. The summed E-state index contributed by atoms with van der Waals surface area (Å²) in [6.07, 6.45) is 2.77. The molecular formula is C14H20O2. The quantitative estimate of drug-likeness (QED) is 0.706. The summed E-state index contributed by atoms with van der Waals surface area (Å²) in [5.74, 6) is 1.53. The highest BCUT2D eigenvalue weighted by atomic mass is 16.5. The van der Waals surface area contributed by atoms with Crippen molar-refractivity contribution in [3.63, 3.8) is 0 Å². The fraction of sp³-hybridized carbons (Fsp3) is 0.429. The highest BCUT2D eigenvalue weighted by molar-refractivity contribution is 5.43. The molecular weight excluding hydrogens is 200 g/mol. The predicted octanol–water partition coefficient (Wildman–Crippen LogP) is 3.60. The molecule has 0 fully saturated rings. The first-order valence-corrected chi connectivity index (χ1v) is 5.52. The average Bonchev–Trinajstić information content (AvgIpc) is 2.29. The van der Waals surface area contributed by atoms with Crippen molar-refractivity contribution in [3.8, 4) is 11.5 Å². The lowest BCUT2D eigenvalue weighted by molar-refractivity contribution is 0.155. The maximum atomic E-state index is 5.83. The van der Waals surface area contributed by atoms with Gasteiger partial charge in [0.25, 0.3) is 0 Å². The van der Waals surface area contributed by atoms with Gasteiger partial charge in [-0.3, -0.25) is 0 Å². The molecule has 0 radical (unpaired) electrons. The van der Waals surface area contributed by atoms with E-state index in [4.69, 9.17) is 9.47 Å². The molecule has 0 amide bonds. The van der Waals surface area contributed by atoms with Crippen LogP contribution in [-0.2, 0) is 6.42 Å². The van der Waals surface area contributed by atoms with Gasteiger partial charge in [0.15, 0.2) is 11.5 Å². The Labute approximate surface area is 97.9 Å². The summed E-state index contributed by atoms with van der Waals surface area (Å²) in [6, 6.07) is 6.01. The van der Waals surface area contributed by atoms with Crippen LogP contribution >= 0.6 is 0 Å². The zero-order chi connectivity index (χ0) is 12.2. The molecule has 0 unspecified atom stereocenters. The molecule has 0 heterocycles. The molecule has 0 aromatic heterocycles. The average molecular weight is 220 g/mol. The second-order valence-corrected chi connectivity index (χ2v) is 4.25. The zero-order valence-electron chi connectivity index (χ0n) is 10.5. The first kappa shape index (κ1) is 12.6. The van der Waals surface area contributed by atoms with Gasteiger partial charge in [0.05, 0.1) is 7.11 Å². The summed E-state index contributed by atoms with van der Waals surface area (Å²) in [5, 5.41) is 0. The fourth-order valence-electron chi connectivity index (χ4n) is 1.34. The van der Waals surface area contributed by atoms with Crippen LogP contribution in [0.3, 0.4) is 0 Å². The summed E-state index contributed by atoms with van der Waals surface area (Å²) in [5.41, 5.74) is 0.849. The highest BCUT2D eigenvalue weighted by Gasteiger charge is 2.17. The number of hydrogen-bond acceptors (Lipinski definition) is 2. The topological polar surface area (TPSA) is 18.5 Å². The maximum Gasteiger partial charge on any atom is 0.162 e. The third-order valence-electron chi connectivity index (χ3n) is 2.50. The maximum absolute atomic E-state index is 5.83. The summed E-state index contributed by atoms with van der Waals surface area (Å²) in [4.78, 5) is 0. The summed E-state index contributed by atoms with van der Waals surface area (Å²) in [6.45, 7) is 9.80. The van der Waals surface area contributed by atoms with Gasteiger partial charge in [-0.05, 0) is 44.0 Å². The van der Waals surface area contributed by atoms with Crippen molar-refractivity contribution in [3.05, 3.63) is 36.4 Å². The minimum Gasteiger partial charge on any atom is -0.493 e. The van der Waals surface area contributed by atoms with E-state index >= 15 is 0 Å². The van der Waals surface area contributed by atoms with E-state index in [1.807, 2.05) is 26.0 Å². The number of methoxy groups -OCH3 is 1. The Bertz CT molecular complexity index is 367. The second-order valence-electron chi connectivity index (χ2n) is 4.25.